The van der Waals surface area contributed by atoms with E-state index in [2.05, 4.69) is 5.32 Å². The number of hydrogen-bond acceptors (Lipinski definition) is 4. The average molecular weight is 412 g/mol. The molecule has 30 heavy (non-hydrogen) atoms. The Morgan fingerprint density at radius 2 is 1.80 bits per heavy atom. The SMILES string of the molecule is Cc1cccc(CN(C(=O)Cc2ccccc2[N+](=O)[O-])[C@H](C)C(=O)NC(C)(C)C)c1. The first-order valence-corrected chi connectivity index (χ1v) is 9.87. The monoisotopic (exact) mass is 411 g/mol. The van der Waals surface area contributed by atoms with Crippen molar-refractivity contribution in [1.29, 1.82) is 0 Å². The minimum Gasteiger partial charge on any atom is -0.350 e. The third-order valence-corrected chi connectivity index (χ3v) is 4.63. The van der Waals surface area contributed by atoms with E-state index in [0.29, 0.717) is 5.56 Å². The highest BCUT2D eigenvalue weighted by atomic mass is 16.6. The molecule has 1 N–H and O–H groups in total. The van der Waals surface area contributed by atoms with Crippen molar-refractivity contribution in [3.8, 4) is 0 Å². The highest BCUT2D eigenvalue weighted by Crippen LogP contribution is 2.20. The fourth-order valence-electron chi connectivity index (χ4n) is 3.17. The van der Waals surface area contributed by atoms with E-state index in [1.165, 1.54) is 11.0 Å². The standard InChI is InChI=1S/C23H29N3O4/c1-16-9-8-10-18(13-16)15-25(17(2)22(28)24-23(3,4)5)21(27)14-19-11-6-7-12-20(19)26(29)30/h6-13,17H,14-15H2,1-5H3,(H,24,28)/t17-/m1/s1. The number of carbonyl (C=O) groups excluding carboxylic acids is 2. The van der Waals surface area contributed by atoms with E-state index in [-0.39, 0.29) is 30.5 Å². The van der Waals surface area contributed by atoms with E-state index in [1.54, 1.807) is 25.1 Å². The highest BCUT2D eigenvalue weighted by molar-refractivity contribution is 5.88. The van der Waals surface area contributed by atoms with E-state index in [0.717, 1.165) is 11.1 Å². The smallest absolute Gasteiger partial charge is 0.273 e. The molecule has 160 valence electrons. The lowest BCUT2D eigenvalue weighted by molar-refractivity contribution is -0.385. The zero-order chi connectivity index (χ0) is 22.5. The molecule has 0 unspecified atom stereocenters. The van der Waals surface area contributed by atoms with Gasteiger partial charge in [-0.3, -0.25) is 19.7 Å². The zero-order valence-corrected chi connectivity index (χ0v) is 18.1. The number of nitro benzene ring substituents is 1. The first kappa shape index (κ1) is 23.1. The Morgan fingerprint density at radius 1 is 1.13 bits per heavy atom. The van der Waals surface area contributed by atoms with Crippen LogP contribution in [0.15, 0.2) is 48.5 Å². The number of rotatable bonds is 7. The fraction of sp³-hybridized carbons (Fsp3) is 0.391. The Balaban J connectivity index is 2.33. The molecule has 2 amide bonds. The van der Waals surface area contributed by atoms with Crippen LogP contribution in [0.3, 0.4) is 0 Å². The molecule has 7 nitrogen and oxygen atoms in total. The minimum atomic E-state index is -0.736. The van der Waals surface area contributed by atoms with Gasteiger partial charge in [0.1, 0.15) is 6.04 Å². The number of aryl methyl sites for hydroxylation is 1. The Hall–Kier alpha value is -3.22. The second-order valence-electron chi connectivity index (χ2n) is 8.49. The number of nitrogens with zero attached hydrogens (tertiary/aromatic N) is 2. The molecule has 7 heteroatoms. The van der Waals surface area contributed by atoms with Crippen molar-refractivity contribution >= 4 is 17.5 Å². The number of nitrogens with one attached hydrogen (secondary N) is 1. The van der Waals surface area contributed by atoms with Gasteiger partial charge in [0, 0.05) is 23.7 Å². The Morgan fingerprint density at radius 3 is 2.40 bits per heavy atom. The molecule has 0 saturated carbocycles. The Labute approximate surface area is 177 Å². The predicted molar refractivity (Wildman–Crippen MR) is 116 cm³/mol. The van der Waals surface area contributed by atoms with Crippen LogP contribution in [0.2, 0.25) is 0 Å². The second kappa shape index (κ2) is 9.52. The molecule has 0 aliphatic heterocycles. The number of amides is 2. The van der Waals surface area contributed by atoms with Gasteiger partial charge in [-0.15, -0.1) is 0 Å². The maximum atomic E-state index is 13.2. The summed E-state index contributed by atoms with van der Waals surface area (Å²) < 4.78 is 0. The van der Waals surface area contributed by atoms with Gasteiger partial charge in [-0.2, -0.15) is 0 Å². The number of para-hydroxylation sites is 1. The molecule has 0 saturated heterocycles. The summed E-state index contributed by atoms with van der Waals surface area (Å²) >= 11 is 0. The van der Waals surface area contributed by atoms with Crippen LogP contribution in [0.25, 0.3) is 0 Å². The van der Waals surface area contributed by atoms with Crippen molar-refractivity contribution in [2.75, 3.05) is 0 Å². The van der Waals surface area contributed by atoms with Crippen LogP contribution in [0.5, 0.6) is 0 Å². The van der Waals surface area contributed by atoms with Crippen LogP contribution in [0, 0.1) is 17.0 Å². The molecular weight excluding hydrogens is 382 g/mol. The first-order chi connectivity index (χ1) is 14.0. The first-order valence-electron chi connectivity index (χ1n) is 9.87. The van der Waals surface area contributed by atoms with E-state index in [9.17, 15) is 19.7 Å². The summed E-state index contributed by atoms with van der Waals surface area (Å²) in [5.41, 5.74) is 1.71. The maximum absolute atomic E-state index is 13.2. The van der Waals surface area contributed by atoms with Crippen LogP contribution in [-0.2, 0) is 22.6 Å². The quantitative estimate of drug-likeness (QED) is 0.554. The van der Waals surface area contributed by atoms with Crippen molar-refractivity contribution in [3.63, 3.8) is 0 Å². The second-order valence-corrected chi connectivity index (χ2v) is 8.49. The molecule has 1 atom stereocenters. The molecule has 0 radical (unpaired) electrons. The van der Waals surface area contributed by atoms with Crippen LogP contribution < -0.4 is 5.32 Å². The van der Waals surface area contributed by atoms with Crippen molar-refractivity contribution in [2.45, 2.75) is 59.2 Å². The molecule has 0 bridgehead atoms. The summed E-state index contributed by atoms with van der Waals surface area (Å²) in [4.78, 5) is 38.3. The molecule has 2 aromatic rings. The topological polar surface area (TPSA) is 92.6 Å². The highest BCUT2D eigenvalue weighted by Gasteiger charge is 2.29. The summed E-state index contributed by atoms with van der Waals surface area (Å²) in [7, 11) is 0. The average Bonchev–Trinajstić information content (AvgIpc) is 2.64. The third-order valence-electron chi connectivity index (χ3n) is 4.63. The van der Waals surface area contributed by atoms with Crippen molar-refractivity contribution < 1.29 is 14.5 Å². The van der Waals surface area contributed by atoms with Crippen LogP contribution in [0.4, 0.5) is 5.69 Å². The molecule has 0 aromatic heterocycles. The van der Waals surface area contributed by atoms with Gasteiger partial charge in [0.2, 0.25) is 11.8 Å². The molecular formula is C23H29N3O4. The van der Waals surface area contributed by atoms with Gasteiger partial charge in [-0.25, -0.2) is 0 Å². The third kappa shape index (κ3) is 6.40. The lowest BCUT2D eigenvalue weighted by Crippen LogP contribution is -2.52. The largest absolute Gasteiger partial charge is 0.350 e. The van der Waals surface area contributed by atoms with Gasteiger partial charge in [0.15, 0.2) is 0 Å². The predicted octanol–water partition coefficient (Wildman–Crippen LogP) is 3.78. The summed E-state index contributed by atoms with van der Waals surface area (Å²) in [5, 5.41) is 14.2. The van der Waals surface area contributed by atoms with E-state index >= 15 is 0 Å². The Kier molecular flexibility index (Phi) is 7.32. The molecule has 0 aliphatic rings. The number of benzene rings is 2. The lowest BCUT2D eigenvalue weighted by atomic mass is 10.0. The molecule has 2 rings (SSSR count). The van der Waals surface area contributed by atoms with Gasteiger partial charge in [0.05, 0.1) is 11.3 Å². The van der Waals surface area contributed by atoms with Gasteiger partial charge in [-0.1, -0.05) is 48.0 Å². The Bertz CT molecular complexity index is 934. The van der Waals surface area contributed by atoms with Gasteiger partial charge >= 0.3 is 0 Å². The summed E-state index contributed by atoms with van der Waals surface area (Å²) in [5.74, 6) is -0.617. The van der Waals surface area contributed by atoms with E-state index < -0.39 is 16.5 Å². The fourth-order valence-corrected chi connectivity index (χ4v) is 3.17. The lowest BCUT2D eigenvalue weighted by Gasteiger charge is -2.31. The van der Waals surface area contributed by atoms with Gasteiger partial charge < -0.3 is 10.2 Å². The number of hydrogen-bond donors (Lipinski definition) is 1. The van der Waals surface area contributed by atoms with Crippen LogP contribution in [0.1, 0.15) is 44.4 Å². The van der Waals surface area contributed by atoms with Crippen LogP contribution >= 0.6 is 0 Å². The van der Waals surface area contributed by atoms with E-state index in [1.807, 2.05) is 52.0 Å². The van der Waals surface area contributed by atoms with Crippen molar-refractivity contribution in [1.82, 2.24) is 10.2 Å². The van der Waals surface area contributed by atoms with E-state index in [4.69, 9.17) is 0 Å². The van der Waals surface area contributed by atoms with Crippen LogP contribution in [-0.4, -0.2) is 33.2 Å². The molecule has 0 aliphatic carbocycles. The van der Waals surface area contributed by atoms with Gasteiger partial charge in [0.25, 0.3) is 5.69 Å². The molecule has 0 heterocycles. The molecule has 2 aromatic carbocycles. The molecule has 0 fully saturated rings. The summed E-state index contributed by atoms with van der Waals surface area (Å²) in [6.07, 6.45) is -0.157. The zero-order valence-electron chi connectivity index (χ0n) is 18.1. The maximum Gasteiger partial charge on any atom is 0.273 e. The van der Waals surface area contributed by atoms with Crippen molar-refractivity contribution in [2.24, 2.45) is 0 Å². The number of nitro groups is 1. The number of carbonyl (C=O) groups is 2. The normalized spacial score (nSPS) is 12.2. The summed E-state index contributed by atoms with van der Waals surface area (Å²) in [6, 6.07) is 13.1. The minimum absolute atomic E-state index is 0.104. The molecule has 0 spiro atoms. The van der Waals surface area contributed by atoms with Gasteiger partial charge in [-0.05, 0) is 40.2 Å². The summed E-state index contributed by atoms with van der Waals surface area (Å²) in [6.45, 7) is 9.49. The van der Waals surface area contributed by atoms with Crippen molar-refractivity contribution in [3.05, 3.63) is 75.3 Å².